The molecule has 108 valence electrons. The topological polar surface area (TPSA) is 59.0 Å². The van der Waals surface area contributed by atoms with Crippen molar-refractivity contribution in [3.8, 4) is 6.07 Å². The fourth-order valence-corrected chi connectivity index (χ4v) is 3.06. The van der Waals surface area contributed by atoms with Crippen molar-refractivity contribution in [2.45, 2.75) is 39.2 Å². The van der Waals surface area contributed by atoms with Gasteiger partial charge in [0.2, 0.25) is 0 Å². The van der Waals surface area contributed by atoms with Crippen LogP contribution in [0.3, 0.4) is 0 Å². The van der Waals surface area contributed by atoms with Gasteiger partial charge in [0, 0.05) is 0 Å². The number of aryl methyl sites for hydroxylation is 1. The van der Waals surface area contributed by atoms with Gasteiger partial charge in [-0.15, -0.1) is 0 Å². The van der Waals surface area contributed by atoms with E-state index in [-0.39, 0.29) is 0 Å². The largest absolute Gasteiger partial charge is 0.376 e. The van der Waals surface area contributed by atoms with Crippen molar-refractivity contribution in [3.63, 3.8) is 0 Å². The molecule has 0 heterocycles. The Morgan fingerprint density at radius 2 is 2.05 bits per heavy atom. The maximum Gasteiger partial charge on any atom is 0.0991 e. The fourth-order valence-electron chi connectivity index (χ4n) is 3.06. The van der Waals surface area contributed by atoms with Gasteiger partial charge in [-0.3, -0.25) is 0 Å². The third-order valence-electron chi connectivity index (χ3n) is 4.43. The molecule has 1 saturated carbocycles. The molecule has 0 amide bonds. The zero-order chi connectivity index (χ0) is 14.4. The number of hydrogen-bond acceptors (Lipinski definition) is 3. The second kappa shape index (κ2) is 7.42. The van der Waals surface area contributed by atoms with Crippen LogP contribution in [-0.4, -0.2) is 13.2 Å². The summed E-state index contributed by atoms with van der Waals surface area (Å²) in [6.45, 7) is 4.25. The molecule has 20 heavy (non-hydrogen) atoms. The normalized spacial score (nSPS) is 22.4. The first kappa shape index (κ1) is 15.0. The van der Waals surface area contributed by atoms with Gasteiger partial charge in [0.1, 0.15) is 0 Å². The first-order valence-corrected chi connectivity index (χ1v) is 7.52. The van der Waals surface area contributed by atoms with Gasteiger partial charge in [-0.1, -0.05) is 18.9 Å². The highest BCUT2D eigenvalue weighted by Crippen LogP contribution is 2.29. The summed E-state index contributed by atoms with van der Waals surface area (Å²) in [5, 5.41) is 8.86. The molecule has 2 N–H and O–H groups in total. The van der Waals surface area contributed by atoms with E-state index in [2.05, 4.69) is 6.07 Å². The summed E-state index contributed by atoms with van der Waals surface area (Å²) in [5.41, 5.74) is 8.85. The van der Waals surface area contributed by atoms with Gasteiger partial charge in [0.05, 0.1) is 24.8 Å². The molecule has 0 saturated heterocycles. The van der Waals surface area contributed by atoms with Crippen molar-refractivity contribution in [1.82, 2.24) is 0 Å². The summed E-state index contributed by atoms with van der Waals surface area (Å²) < 4.78 is 5.91. The van der Waals surface area contributed by atoms with Crippen LogP contribution in [0.25, 0.3) is 0 Å². The van der Waals surface area contributed by atoms with E-state index >= 15 is 0 Å². The van der Waals surface area contributed by atoms with Crippen molar-refractivity contribution in [3.05, 3.63) is 34.9 Å². The van der Waals surface area contributed by atoms with Crippen LogP contribution in [0.2, 0.25) is 0 Å². The average molecular weight is 272 g/mol. The van der Waals surface area contributed by atoms with Gasteiger partial charge in [-0.2, -0.15) is 5.26 Å². The zero-order valence-electron chi connectivity index (χ0n) is 12.3. The van der Waals surface area contributed by atoms with E-state index in [1.807, 2.05) is 25.1 Å². The average Bonchev–Trinajstić information content (AvgIpc) is 2.49. The third-order valence-corrected chi connectivity index (χ3v) is 4.43. The van der Waals surface area contributed by atoms with E-state index in [0.717, 1.165) is 18.7 Å². The number of rotatable bonds is 5. The Bertz CT molecular complexity index is 478. The van der Waals surface area contributed by atoms with Crippen molar-refractivity contribution >= 4 is 0 Å². The predicted octanol–water partition coefficient (Wildman–Crippen LogP) is 3.15. The van der Waals surface area contributed by atoms with Gasteiger partial charge in [-0.25, -0.2) is 0 Å². The van der Waals surface area contributed by atoms with Crippen LogP contribution in [0.15, 0.2) is 18.2 Å². The van der Waals surface area contributed by atoms with Crippen LogP contribution >= 0.6 is 0 Å². The lowest BCUT2D eigenvalue weighted by atomic mass is 9.80. The lowest BCUT2D eigenvalue weighted by molar-refractivity contribution is 0.0510. The lowest BCUT2D eigenvalue weighted by Gasteiger charge is -2.30. The number of nitrogens with two attached hydrogens (primary N) is 1. The van der Waals surface area contributed by atoms with Crippen LogP contribution in [0.5, 0.6) is 0 Å². The molecule has 2 unspecified atom stereocenters. The van der Waals surface area contributed by atoms with Crippen molar-refractivity contribution < 1.29 is 4.74 Å². The van der Waals surface area contributed by atoms with E-state index in [1.165, 1.54) is 31.2 Å². The molecule has 0 radical (unpaired) electrons. The van der Waals surface area contributed by atoms with E-state index in [4.69, 9.17) is 15.7 Å². The smallest absolute Gasteiger partial charge is 0.0991 e. The zero-order valence-corrected chi connectivity index (χ0v) is 12.3. The first-order valence-electron chi connectivity index (χ1n) is 7.52. The van der Waals surface area contributed by atoms with Gasteiger partial charge in [-0.05, 0) is 61.4 Å². The molecule has 1 aromatic carbocycles. The van der Waals surface area contributed by atoms with Crippen LogP contribution in [0.1, 0.15) is 42.4 Å². The number of hydrogen-bond donors (Lipinski definition) is 1. The highest BCUT2D eigenvalue weighted by molar-refractivity contribution is 5.37. The van der Waals surface area contributed by atoms with E-state index in [9.17, 15) is 0 Å². The second-order valence-electron chi connectivity index (χ2n) is 5.81. The molecule has 1 aromatic rings. The maximum absolute atomic E-state index is 8.86. The second-order valence-corrected chi connectivity index (χ2v) is 5.81. The Hall–Kier alpha value is -1.37. The molecule has 1 aliphatic rings. The minimum atomic E-state index is 0.618. The van der Waals surface area contributed by atoms with E-state index in [1.54, 1.807) is 0 Å². The molecule has 0 spiro atoms. The molecular formula is C17H24N2O. The van der Waals surface area contributed by atoms with Gasteiger partial charge in [0.25, 0.3) is 0 Å². The molecule has 3 heteroatoms. The summed E-state index contributed by atoms with van der Waals surface area (Å²) in [5.74, 6) is 1.25. The minimum absolute atomic E-state index is 0.618. The fraction of sp³-hybridized carbons (Fsp3) is 0.588. The third kappa shape index (κ3) is 3.82. The van der Waals surface area contributed by atoms with Crippen LogP contribution in [0.4, 0.5) is 0 Å². The van der Waals surface area contributed by atoms with Crippen molar-refractivity contribution in [2.75, 3.05) is 13.2 Å². The molecule has 1 aliphatic carbocycles. The SMILES string of the molecule is Cc1cc(C#N)ccc1COCC1CCCCC1CN. The van der Waals surface area contributed by atoms with E-state index < -0.39 is 0 Å². The first-order chi connectivity index (χ1) is 9.74. The Morgan fingerprint density at radius 3 is 2.70 bits per heavy atom. The minimum Gasteiger partial charge on any atom is -0.376 e. The molecule has 2 rings (SSSR count). The van der Waals surface area contributed by atoms with Crippen LogP contribution in [0, 0.1) is 30.1 Å². The maximum atomic E-state index is 8.86. The predicted molar refractivity (Wildman–Crippen MR) is 80.1 cm³/mol. The molecular weight excluding hydrogens is 248 g/mol. The van der Waals surface area contributed by atoms with Crippen LogP contribution < -0.4 is 5.73 Å². The summed E-state index contributed by atoms with van der Waals surface area (Å²) in [7, 11) is 0. The number of benzene rings is 1. The monoisotopic (exact) mass is 272 g/mol. The number of nitrogens with zero attached hydrogens (tertiary/aromatic N) is 1. The summed E-state index contributed by atoms with van der Waals surface area (Å²) in [6, 6.07) is 7.93. The van der Waals surface area contributed by atoms with Crippen LogP contribution in [-0.2, 0) is 11.3 Å². The molecule has 1 fully saturated rings. The standard InChI is InChI=1S/C17H24N2O/c1-13-8-14(9-18)6-7-16(13)11-20-12-17-5-3-2-4-15(17)10-19/h6-8,15,17H,2-5,10-12,19H2,1H3. The summed E-state index contributed by atoms with van der Waals surface area (Å²) in [6.07, 6.45) is 5.11. The highest BCUT2D eigenvalue weighted by atomic mass is 16.5. The lowest BCUT2D eigenvalue weighted by Crippen LogP contribution is -2.29. The van der Waals surface area contributed by atoms with E-state index in [0.29, 0.717) is 24.0 Å². The summed E-state index contributed by atoms with van der Waals surface area (Å²) >= 11 is 0. The quantitative estimate of drug-likeness (QED) is 0.895. The molecule has 3 nitrogen and oxygen atoms in total. The van der Waals surface area contributed by atoms with Crippen molar-refractivity contribution in [1.29, 1.82) is 5.26 Å². The van der Waals surface area contributed by atoms with Crippen molar-refractivity contribution in [2.24, 2.45) is 17.6 Å². The number of nitriles is 1. The Morgan fingerprint density at radius 1 is 1.30 bits per heavy atom. The Balaban J connectivity index is 1.85. The Labute approximate surface area is 121 Å². The summed E-state index contributed by atoms with van der Waals surface area (Å²) in [4.78, 5) is 0. The molecule has 0 bridgehead atoms. The van der Waals surface area contributed by atoms with Gasteiger partial charge in [0.15, 0.2) is 0 Å². The van der Waals surface area contributed by atoms with Gasteiger partial charge >= 0.3 is 0 Å². The number of ether oxygens (including phenoxy) is 1. The molecule has 0 aromatic heterocycles. The van der Waals surface area contributed by atoms with Gasteiger partial charge < -0.3 is 10.5 Å². The molecule has 0 aliphatic heterocycles. The molecule has 2 atom stereocenters. The highest BCUT2D eigenvalue weighted by Gasteiger charge is 2.23. The Kier molecular flexibility index (Phi) is 5.58.